The summed E-state index contributed by atoms with van der Waals surface area (Å²) in [5.41, 5.74) is 0.821. The van der Waals surface area contributed by atoms with E-state index in [-0.39, 0.29) is 5.57 Å². The molecule has 5 nitrogen and oxygen atoms in total. The molecule has 0 fully saturated rings. The Hall–Kier alpha value is -0.730. The molecule has 0 heterocycles. The molecule has 0 aromatic carbocycles. The molecule has 1 aliphatic carbocycles. The first-order valence-electron chi connectivity index (χ1n) is 5.40. The zero-order chi connectivity index (χ0) is 13.9. The summed E-state index contributed by atoms with van der Waals surface area (Å²) in [5.74, 6) is -1.63. The molecule has 1 aliphatic rings. The van der Waals surface area contributed by atoms with E-state index in [2.05, 4.69) is 0 Å². The van der Waals surface area contributed by atoms with Crippen LogP contribution in [0.5, 0.6) is 0 Å². The molecule has 3 atom stereocenters. The third-order valence-electron chi connectivity index (χ3n) is 2.81. The van der Waals surface area contributed by atoms with Crippen LogP contribution in [0.1, 0.15) is 13.8 Å². The SMILES string of the molecule is CC(=O)O[C@H]1C=C(CO)C(=O)[C@H](O)[C@H]1/C(C)=C/I. The second-order valence-electron chi connectivity index (χ2n) is 4.11. The lowest BCUT2D eigenvalue weighted by Crippen LogP contribution is -2.44. The first-order chi connectivity index (χ1) is 8.42. The molecule has 0 amide bonds. The number of ether oxygens (including phenoxy) is 1. The number of Topliss-reactive ketones (excluding diaryl/α,β-unsaturated/α-hetero) is 1. The van der Waals surface area contributed by atoms with Crippen LogP contribution in [0, 0.1) is 5.92 Å². The predicted octanol–water partition coefficient (Wildman–Crippen LogP) is 0.735. The van der Waals surface area contributed by atoms with Crippen LogP contribution < -0.4 is 0 Å². The van der Waals surface area contributed by atoms with Gasteiger partial charge in [0.15, 0.2) is 5.78 Å². The van der Waals surface area contributed by atoms with E-state index in [1.807, 2.05) is 22.6 Å². The van der Waals surface area contributed by atoms with Gasteiger partial charge in [-0.3, -0.25) is 9.59 Å². The fourth-order valence-corrected chi connectivity index (χ4v) is 2.34. The van der Waals surface area contributed by atoms with Crippen LogP contribution >= 0.6 is 22.6 Å². The Kier molecular flexibility index (Phi) is 5.48. The van der Waals surface area contributed by atoms with Crippen molar-refractivity contribution >= 4 is 34.3 Å². The zero-order valence-corrected chi connectivity index (χ0v) is 12.2. The Balaban J connectivity index is 3.16. The van der Waals surface area contributed by atoms with E-state index in [9.17, 15) is 14.7 Å². The highest BCUT2D eigenvalue weighted by Crippen LogP contribution is 2.30. The van der Waals surface area contributed by atoms with Crippen LogP contribution in [-0.2, 0) is 14.3 Å². The standard InChI is InChI=1S/C12H15IO5/c1-6(4-13)10-9(18-7(2)15)3-8(5-14)11(16)12(10)17/h3-4,9-10,12,14,17H,5H2,1-2H3/b6-4+/t9-,10-,12+/m0/s1. The van der Waals surface area contributed by atoms with Gasteiger partial charge in [0.1, 0.15) is 12.2 Å². The van der Waals surface area contributed by atoms with E-state index in [0.29, 0.717) is 0 Å². The van der Waals surface area contributed by atoms with E-state index in [4.69, 9.17) is 9.84 Å². The van der Waals surface area contributed by atoms with Gasteiger partial charge in [0.25, 0.3) is 0 Å². The summed E-state index contributed by atoms with van der Waals surface area (Å²) in [6, 6.07) is 0. The van der Waals surface area contributed by atoms with Gasteiger partial charge in [-0.05, 0) is 17.1 Å². The molecule has 1 rings (SSSR count). The van der Waals surface area contributed by atoms with E-state index in [1.54, 1.807) is 11.0 Å². The highest BCUT2D eigenvalue weighted by molar-refractivity contribution is 14.1. The van der Waals surface area contributed by atoms with Crippen LogP contribution in [-0.4, -0.2) is 40.8 Å². The predicted molar refractivity (Wildman–Crippen MR) is 73.0 cm³/mol. The number of halogens is 1. The number of aliphatic hydroxyl groups is 2. The van der Waals surface area contributed by atoms with Gasteiger partial charge in [0.2, 0.25) is 0 Å². The Morgan fingerprint density at radius 1 is 1.56 bits per heavy atom. The molecule has 18 heavy (non-hydrogen) atoms. The van der Waals surface area contributed by atoms with Crippen molar-refractivity contribution in [3.63, 3.8) is 0 Å². The molecule has 6 heteroatoms. The lowest BCUT2D eigenvalue weighted by Gasteiger charge is -2.33. The number of rotatable bonds is 3. The number of hydrogen-bond donors (Lipinski definition) is 2. The van der Waals surface area contributed by atoms with Crippen molar-refractivity contribution in [2.75, 3.05) is 6.61 Å². The minimum atomic E-state index is -1.30. The second-order valence-corrected chi connectivity index (χ2v) is 4.73. The molecule has 100 valence electrons. The van der Waals surface area contributed by atoms with Gasteiger partial charge in [-0.2, -0.15) is 0 Å². The Morgan fingerprint density at radius 3 is 2.61 bits per heavy atom. The molecule has 0 spiro atoms. The monoisotopic (exact) mass is 366 g/mol. The summed E-state index contributed by atoms with van der Waals surface area (Å²) >= 11 is 2.00. The van der Waals surface area contributed by atoms with E-state index in [0.717, 1.165) is 5.57 Å². The summed E-state index contributed by atoms with van der Waals surface area (Å²) in [7, 11) is 0. The van der Waals surface area contributed by atoms with Crippen LogP contribution in [0.2, 0.25) is 0 Å². The largest absolute Gasteiger partial charge is 0.458 e. The molecule has 0 aromatic rings. The number of aliphatic hydroxyl groups excluding tert-OH is 2. The van der Waals surface area contributed by atoms with Gasteiger partial charge in [0, 0.05) is 12.5 Å². The number of hydrogen-bond acceptors (Lipinski definition) is 5. The first kappa shape index (κ1) is 15.3. The van der Waals surface area contributed by atoms with Crippen LogP contribution in [0.3, 0.4) is 0 Å². The normalized spacial score (nSPS) is 28.9. The van der Waals surface area contributed by atoms with Crippen LogP contribution in [0.25, 0.3) is 0 Å². The fourth-order valence-electron chi connectivity index (χ4n) is 1.93. The second kappa shape index (κ2) is 6.44. The molecular formula is C12H15IO5. The van der Waals surface area contributed by atoms with Crippen molar-refractivity contribution < 1.29 is 24.5 Å². The van der Waals surface area contributed by atoms with Crippen molar-refractivity contribution in [3.8, 4) is 0 Å². The van der Waals surface area contributed by atoms with Gasteiger partial charge in [0.05, 0.1) is 12.5 Å². The van der Waals surface area contributed by atoms with Crippen molar-refractivity contribution in [2.45, 2.75) is 26.1 Å². The summed E-state index contributed by atoms with van der Waals surface area (Å²) in [6.07, 6.45) is -0.624. The molecule has 0 radical (unpaired) electrons. The smallest absolute Gasteiger partial charge is 0.303 e. The highest BCUT2D eigenvalue weighted by atomic mass is 127. The minimum Gasteiger partial charge on any atom is -0.458 e. The Labute approximate surface area is 119 Å². The molecule has 0 bridgehead atoms. The number of carbonyl (C=O) groups is 2. The maximum atomic E-state index is 11.8. The molecular weight excluding hydrogens is 351 g/mol. The summed E-state index contributed by atoms with van der Waals surface area (Å²) < 4.78 is 6.82. The van der Waals surface area contributed by atoms with Crippen molar-refractivity contribution in [1.82, 2.24) is 0 Å². The van der Waals surface area contributed by atoms with E-state index >= 15 is 0 Å². The van der Waals surface area contributed by atoms with E-state index in [1.165, 1.54) is 13.0 Å². The third-order valence-corrected chi connectivity index (χ3v) is 3.80. The molecule has 0 unspecified atom stereocenters. The fraction of sp³-hybridized carbons (Fsp3) is 0.500. The maximum absolute atomic E-state index is 11.8. The number of ketones is 1. The van der Waals surface area contributed by atoms with Gasteiger partial charge in [-0.1, -0.05) is 28.2 Å². The minimum absolute atomic E-state index is 0.0752. The average Bonchev–Trinajstić information content (AvgIpc) is 2.32. The maximum Gasteiger partial charge on any atom is 0.303 e. The average molecular weight is 366 g/mol. The first-order valence-corrected chi connectivity index (χ1v) is 6.64. The molecule has 0 aromatic heterocycles. The summed E-state index contributed by atoms with van der Waals surface area (Å²) in [6.45, 7) is 2.53. The lowest BCUT2D eigenvalue weighted by molar-refractivity contribution is -0.150. The lowest BCUT2D eigenvalue weighted by atomic mass is 9.80. The van der Waals surface area contributed by atoms with Crippen molar-refractivity contribution in [3.05, 3.63) is 21.3 Å². The summed E-state index contributed by atoms with van der Waals surface area (Å²) in [4.78, 5) is 22.8. The quantitative estimate of drug-likeness (QED) is 0.569. The van der Waals surface area contributed by atoms with Crippen molar-refractivity contribution in [1.29, 1.82) is 0 Å². The van der Waals surface area contributed by atoms with Gasteiger partial charge < -0.3 is 14.9 Å². The zero-order valence-electron chi connectivity index (χ0n) is 10.1. The van der Waals surface area contributed by atoms with Gasteiger partial charge in [-0.25, -0.2) is 0 Å². The van der Waals surface area contributed by atoms with Crippen molar-refractivity contribution in [2.24, 2.45) is 5.92 Å². The molecule has 0 aliphatic heterocycles. The highest BCUT2D eigenvalue weighted by Gasteiger charge is 2.40. The third kappa shape index (κ3) is 3.18. The number of esters is 1. The molecule has 0 saturated heterocycles. The Morgan fingerprint density at radius 2 is 2.17 bits per heavy atom. The topological polar surface area (TPSA) is 83.8 Å². The van der Waals surface area contributed by atoms with Crippen LogP contribution in [0.15, 0.2) is 21.3 Å². The Bertz CT molecular complexity index is 413. The van der Waals surface area contributed by atoms with E-state index < -0.39 is 36.5 Å². The van der Waals surface area contributed by atoms with Gasteiger partial charge in [-0.15, -0.1) is 0 Å². The van der Waals surface area contributed by atoms with Gasteiger partial charge >= 0.3 is 5.97 Å². The molecule has 0 saturated carbocycles. The van der Waals surface area contributed by atoms with Crippen LogP contribution in [0.4, 0.5) is 0 Å². The summed E-state index contributed by atoms with van der Waals surface area (Å²) in [5, 5.41) is 19.0. The number of carbonyl (C=O) groups excluding carboxylic acids is 2. The molecule has 2 N–H and O–H groups in total.